The third kappa shape index (κ3) is 2.61. The first-order chi connectivity index (χ1) is 3.93. The predicted molar refractivity (Wildman–Crippen MR) is 29.6 cm³/mol. The van der Waals surface area contributed by atoms with Crippen molar-refractivity contribution < 1.29 is 25.8 Å². The normalized spacial score (nSPS) is 7.67. The quantitative estimate of drug-likeness (QED) is 0.717. The molecule has 0 bridgehead atoms. The van der Waals surface area contributed by atoms with Gasteiger partial charge in [-0.25, -0.2) is 0 Å². The molecule has 0 aliphatic carbocycles. The minimum atomic E-state index is 0. The van der Waals surface area contributed by atoms with Crippen LogP contribution in [0.4, 0.5) is 0 Å². The van der Waals surface area contributed by atoms with Gasteiger partial charge in [-0.05, 0) is 0 Å². The van der Waals surface area contributed by atoms with Crippen LogP contribution < -0.4 is 4.74 Å². The van der Waals surface area contributed by atoms with Crippen molar-refractivity contribution >= 4 is 0 Å². The molecule has 3 heteroatoms. The van der Waals surface area contributed by atoms with Crippen molar-refractivity contribution in [2.75, 3.05) is 7.11 Å². The molecule has 1 aromatic heterocycles. The zero-order valence-electron chi connectivity index (χ0n) is 5.00. The van der Waals surface area contributed by atoms with Crippen LogP contribution in [0.1, 0.15) is 0 Å². The van der Waals surface area contributed by atoms with Gasteiger partial charge in [0.1, 0.15) is 0 Å². The van der Waals surface area contributed by atoms with E-state index in [1.54, 1.807) is 19.2 Å². The van der Waals surface area contributed by atoms with E-state index in [0.717, 1.165) is 0 Å². The third-order valence-corrected chi connectivity index (χ3v) is 0.793. The van der Waals surface area contributed by atoms with Crippen LogP contribution in [-0.4, -0.2) is 12.1 Å². The average Bonchev–Trinajstić information content (AvgIpc) is 1.90. The molecule has 0 aliphatic heterocycles. The summed E-state index contributed by atoms with van der Waals surface area (Å²) in [6.07, 6.45) is 2.64. The maximum absolute atomic E-state index is 4.77. The van der Waals surface area contributed by atoms with Gasteiger partial charge in [0.15, 0.2) is 0 Å². The SMILES string of the molecule is COc1ccc[c-]n1.[W]. The fraction of sp³-hybridized carbons (Fsp3) is 0.167. The van der Waals surface area contributed by atoms with Crippen molar-refractivity contribution in [3.8, 4) is 5.88 Å². The molecule has 0 saturated carbocycles. The Kier molecular flexibility index (Phi) is 4.33. The zero-order valence-corrected chi connectivity index (χ0v) is 7.93. The minimum absolute atomic E-state index is 0. The minimum Gasteiger partial charge on any atom is -0.538 e. The standard InChI is InChI=1S/C6H6NO.W/c1-8-6-4-2-3-5-7-6;/h2-4H,1H3;/q-1;. The molecule has 0 saturated heterocycles. The number of methoxy groups -OCH3 is 1. The molecule has 0 spiro atoms. The van der Waals surface area contributed by atoms with Gasteiger partial charge in [-0.15, -0.1) is 6.07 Å². The van der Waals surface area contributed by atoms with E-state index >= 15 is 0 Å². The van der Waals surface area contributed by atoms with E-state index in [0.29, 0.717) is 5.88 Å². The van der Waals surface area contributed by atoms with Crippen LogP contribution in [0.3, 0.4) is 0 Å². The monoisotopic (exact) mass is 292 g/mol. The van der Waals surface area contributed by atoms with Gasteiger partial charge in [0.2, 0.25) is 0 Å². The molecule has 1 heterocycles. The number of hydrogen-bond acceptors (Lipinski definition) is 2. The summed E-state index contributed by atoms with van der Waals surface area (Å²) in [6.45, 7) is 0. The van der Waals surface area contributed by atoms with E-state index in [1.807, 2.05) is 6.07 Å². The topological polar surface area (TPSA) is 22.1 Å². The second-order valence-corrected chi connectivity index (χ2v) is 1.31. The molecule has 48 valence electrons. The summed E-state index contributed by atoms with van der Waals surface area (Å²) in [5.41, 5.74) is 0. The number of pyridine rings is 1. The Morgan fingerprint density at radius 3 is 2.78 bits per heavy atom. The summed E-state index contributed by atoms with van der Waals surface area (Å²) in [4.78, 5) is 3.75. The van der Waals surface area contributed by atoms with E-state index in [2.05, 4.69) is 11.2 Å². The van der Waals surface area contributed by atoms with Gasteiger partial charge in [0, 0.05) is 21.1 Å². The summed E-state index contributed by atoms with van der Waals surface area (Å²) < 4.78 is 4.77. The molecule has 0 fully saturated rings. The summed E-state index contributed by atoms with van der Waals surface area (Å²) in [5, 5.41) is 0. The fourth-order valence-corrected chi connectivity index (χ4v) is 0.425. The molecule has 0 atom stereocenters. The maximum Gasteiger partial charge on any atom is 0.0964 e. The Labute approximate surface area is 68.5 Å². The number of ether oxygens (including phenoxy) is 1. The molecule has 0 N–H and O–H groups in total. The van der Waals surface area contributed by atoms with E-state index in [9.17, 15) is 0 Å². The molecule has 1 rings (SSSR count). The largest absolute Gasteiger partial charge is 0.538 e. The molecule has 1 aromatic rings. The van der Waals surface area contributed by atoms with E-state index in [4.69, 9.17) is 4.74 Å². The van der Waals surface area contributed by atoms with Crippen LogP contribution in [0.5, 0.6) is 5.88 Å². The van der Waals surface area contributed by atoms with Crippen LogP contribution in [0.2, 0.25) is 0 Å². The summed E-state index contributed by atoms with van der Waals surface area (Å²) in [5.74, 6) is 0.604. The van der Waals surface area contributed by atoms with E-state index < -0.39 is 0 Å². The number of rotatable bonds is 1. The van der Waals surface area contributed by atoms with Crippen molar-refractivity contribution in [1.82, 2.24) is 4.98 Å². The van der Waals surface area contributed by atoms with Gasteiger partial charge in [-0.1, -0.05) is 6.20 Å². The average molecular weight is 292 g/mol. The summed E-state index contributed by atoms with van der Waals surface area (Å²) in [7, 11) is 1.58. The summed E-state index contributed by atoms with van der Waals surface area (Å²) in [6, 6.07) is 5.32. The van der Waals surface area contributed by atoms with Gasteiger partial charge in [-0.2, -0.15) is 12.1 Å². The first-order valence-electron chi connectivity index (χ1n) is 2.30. The Hall–Kier alpha value is -0.362. The fourth-order valence-electron chi connectivity index (χ4n) is 0.425. The van der Waals surface area contributed by atoms with Crippen molar-refractivity contribution in [3.05, 3.63) is 24.4 Å². The Morgan fingerprint density at radius 1 is 1.67 bits per heavy atom. The molecule has 0 aromatic carbocycles. The Bertz CT molecular complexity index is 154. The van der Waals surface area contributed by atoms with Crippen LogP contribution in [0.15, 0.2) is 18.2 Å². The molecule has 0 unspecified atom stereocenters. The molecule has 9 heavy (non-hydrogen) atoms. The van der Waals surface area contributed by atoms with E-state index in [1.165, 1.54) is 0 Å². The van der Waals surface area contributed by atoms with Crippen molar-refractivity contribution in [2.24, 2.45) is 0 Å². The van der Waals surface area contributed by atoms with Crippen molar-refractivity contribution in [2.45, 2.75) is 0 Å². The second-order valence-electron chi connectivity index (χ2n) is 1.31. The van der Waals surface area contributed by atoms with Gasteiger partial charge < -0.3 is 9.72 Å². The maximum atomic E-state index is 4.77. The molecule has 0 amide bonds. The number of nitrogens with zero attached hydrogens (tertiary/aromatic N) is 1. The van der Waals surface area contributed by atoms with Gasteiger partial charge in [-0.3, -0.25) is 0 Å². The number of hydrogen-bond donors (Lipinski definition) is 0. The number of aromatic nitrogens is 1. The predicted octanol–water partition coefficient (Wildman–Crippen LogP) is 0.888. The molecular weight excluding hydrogens is 286 g/mol. The Balaban J connectivity index is 0.000000640. The molecular formula is C6H6NOW-. The van der Waals surface area contributed by atoms with Gasteiger partial charge >= 0.3 is 0 Å². The molecule has 2 nitrogen and oxygen atoms in total. The summed E-state index contributed by atoms with van der Waals surface area (Å²) >= 11 is 0. The Morgan fingerprint density at radius 2 is 2.44 bits per heavy atom. The van der Waals surface area contributed by atoms with Gasteiger partial charge in [0.05, 0.1) is 13.0 Å². The second kappa shape index (κ2) is 4.51. The van der Waals surface area contributed by atoms with Crippen LogP contribution in [-0.2, 0) is 21.1 Å². The molecule has 0 radical (unpaired) electrons. The van der Waals surface area contributed by atoms with Gasteiger partial charge in [0.25, 0.3) is 0 Å². The van der Waals surface area contributed by atoms with Crippen molar-refractivity contribution in [1.29, 1.82) is 0 Å². The van der Waals surface area contributed by atoms with Crippen molar-refractivity contribution in [3.63, 3.8) is 0 Å². The van der Waals surface area contributed by atoms with Crippen LogP contribution >= 0.6 is 0 Å². The molecule has 0 aliphatic rings. The smallest absolute Gasteiger partial charge is 0.0964 e. The van der Waals surface area contributed by atoms with E-state index in [-0.39, 0.29) is 21.1 Å². The third-order valence-electron chi connectivity index (χ3n) is 0.793. The zero-order chi connectivity index (χ0) is 5.82. The van der Waals surface area contributed by atoms with Crippen LogP contribution in [0, 0.1) is 6.20 Å². The first-order valence-corrected chi connectivity index (χ1v) is 2.30. The van der Waals surface area contributed by atoms with Crippen LogP contribution in [0.25, 0.3) is 0 Å². The first kappa shape index (κ1) is 8.64.